The summed E-state index contributed by atoms with van der Waals surface area (Å²) in [5, 5.41) is 4.92. The van der Waals surface area contributed by atoms with E-state index < -0.39 is 0 Å². The Labute approximate surface area is 112 Å². The normalized spacial score (nSPS) is 18.4. The molecule has 1 saturated carbocycles. The van der Waals surface area contributed by atoms with E-state index in [1.165, 1.54) is 53.1 Å². The average molecular weight is 257 g/mol. The van der Waals surface area contributed by atoms with Crippen molar-refractivity contribution >= 4 is 22.1 Å². The molecule has 1 aliphatic carbocycles. The molecule has 0 amide bonds. The molecule has 2 heteroatoms. The first-order chi connectivity index (χ1) is 8.84. The molecule has 0 atom stereocenters. The largest absolute Gasteiger partial charge is 0.271 e. The summed E-state index contributed by atoms with van der Waals surface area (Å²) >= 11 is 1.80. The van der Waals surface area contributed by atoms with E-state index >= 15 is 0 Å². The second kappa shape index (κ2) is 5.23. The number of fused-ring (bicyclic) bond motifs is 1. The summed E-state index contributed by atoms with van der Waals surface area (Å²) in [6.07, 6.45) is 6.64. The Balaban J connectivity index is 2.11. The Morgan fingerprint density at radius 1 is 1.06 bits per heavy atom. The fraction of sp³-hybridized carbons (Fsp3) is 0.438. The van der Waals surface area contributed by atoms with Crippen molar-refractivity contribution in [3.63, 3.8) is 0 Å². The Bertz CT molecular complexity index is 606. The maximum atomic E-state index is 5.01. The summed E-state index contributed by atoms with van der Waals surface area (Å²) in [4.78, 5) is 5.01. The smallest absolute Gasteiger partial charge is 0.118 e. The summed E-state index contributed by atoms with van der Waals surface area (Å²) in [6.45, 7) is 2.18. The van der Waals surface area contributed by atoms with Gasteiger partial charge in [-0.2, -0.15) is 0 Å². The Morgan fingerprint density at radius 2 is 1.78 bits per heavy atom. The van der Waals surface area contributed by atoms with E-state index in [2.05, 4.69) is 36.6 Å². The maximum Gasteiger partial charge on any atom is 0.118 e. The third kappa shape index (κ3) is 2.35. The zero-order valence-electron chi connectivity index (χ0n) is 10.9. The Morgan fingerprint density at radius 3 is 2.56 bits per heavy atom. The average Bonchev–Trinajstić information content (AvgIpc) is 2.44. The monoisotopic (exact) mass is 257 g/mol. The zero-order chi connectivity index (χ0) is 12.4. The Kier molecular flexibility index (Phi) is 3.46. The Hall–Kier alpha value is -1.15. The van der Waals surface area contributed by atoms with Crippen molar-refractivity contribution in [3.05, 3.63) is 39.9 Å². The fourth-order valence-corrected chi connectivity index (χ4v) is 3.69. The van der Waals surface area contributed by atoms with Crippen LogP contribution >= 0.6 is 11.3 Å². The predicted molar refractivity (Wildman–Crippen MR) is 79.0 cm³/mol. The SMILES string of the molecule is Cc1csc(=NC2CCCCC2)c2ccccc12. The van der Waals surface area contributed by atoms with Crippen LogP contribution in [0.25, 0.3) is 10.8 Å². The van der Waals surface area contributed by atoms with Gasteiger partial charge in [0.2, 0.25) is 0 Å². The van der Waals surface area contributed by atoms with Crippen LogP contribution in [0.2, 0.25) is 0 Å². The molecule has 1 fully saturated rings. The van der Waals surface area contributed by atoms with E-state index in [1.54, 1.807) is 11.3 Å². The van der Waals surface area contributed by atoms with Crippen LogP contribution in [-0.4, -0.2) is 6.04 Å². The van der Waals surface area contributed by atoms with E-state index in [-0.39, 0.29) is 0 Å². The van der Waals surface area contributed by atoms with Crippen molar-refractivity contribution in [2.75, 3.05) is 0 Å². The summed E-state index contributed by atoms with van der Waals surface area (Å²) < 4.78 is 1.23. The number of hydrogen-bond acceptors (Lipinski definition) is 2. The van der Waals surface area contributed by atoms with Crippen molar-refractivity contribution < 1.29 is 0 Å². The first kappa shape index (κ1) is 11.9. The molecule has 1 aromatic heterocycles. The van der Waals surface area contributed by atoms with Gasteiger partial charge in [-0.05, 0) is 36.1 Å². The third-order valence-corrected chi connectivity index (χ3v) is 4.82. The molecule has 0 N–H and O–H groups in total. The molecule has 1 heterocycles. The first-order valence-corrected chi connectivity index (χ1v) is 7.73. The number of rotatable bonds is 1. The number of aryl methyl sites for hydroxylation is 1. The van der Waals surface area contributed by atoms with E-state index in [4.69, 9.17) is 4.99 Å². The molecule has 3 rings (SSSR count). The fourth-order valence-electron chi connectivity index (χ4n) is 2.76. The molecule has 0 bridgehead atoms. The van der Waals surface area contributed by atoms with Crippen LogP contribution in [0.3, 0.4) is 0 Å². The highest BCUT2D eigenvalue weighted by Gasteiger charge is 2.11. The molecule has 0 aliphatic heterocycles. The van der Waals surface area contributed by atoms with Gasteiger partial charge in [-0.15, -0.1) is 11.3 Å². The molecule has 0 unspecified atom stereocenters. The van der Waals surface area contributed by atoms with Gasteiger partial charge in [-0.25, -0.2) is 0 Å². The number of benzene rings is 1. The van der Waals surface area contributed by atoms with Crippen molar-refractivity contribution in [1.82, 2.24) is 0 Å². The molecular weight excluding hydrogens is 238 g/mol. The summed E-state index contributed by atoms with van der Waals surface area (Å²) in [6, 6.07) is 9.21. The van der Waals surface area contributed by atoms with Gasteiger partial charge >= 0.3 is 0 Å². The maximum absolute atomic E-state index is 5.01. The summed E-state index contributed by atoms with van der Waals surface area (Å²) in [7, 11) is 0. The number of nitrogens with zero attached hydrogens (tertiary/aromatic N) is 1. The summed E-state index contributed by atoms with van der Waals surface area (Å²) in [5.41, 5.74) is 1.36. The van der Waals surface area contributed by atoms with Crippen LogP contribution in [0.5, 0.6) is 0 Å². The standard InChI is InChI=1S/C16H19NS/c1-12-11-18-16(15-10-6-5-9-14(12)15)17-13-7-3-2-4-8-13/h5-6,9-11,13H,2-4,7-8H2,1H3. The van der Waals surface area contributed by atoms with Crippen LogP contribution in [0.15, 0.2) is 34.6 Å². The second-order valence-electron chi connectivity index (χ2n) is 5.19. The lowest BCUT2D eigenvalue weighted by Crippen LogP contribution is -2.14. The van der Waals surface area contributed by atoms with Gasteiger partial charge in [0.25, 0.3) is 0 Å². The molecule has 0 radical (unpaired) electrons. The number of hydrogen-bond donors (Lipinski definition) is 0. The molecule has 1 aromatic carbocycles. The molecule has 1 aliphatic rings. The van der Waals surface area contributed by atoms with Gasteiger partial charge in [0.15, 0.2) is 0 Å². The molecule has 2 aromatic rings. The molecule has 0 saturated heterocycles. The van der Waals surface area contributed by atoms with Crippen LogP contribution in [0.1, 0.15) is 37.7 Å². The zero-order valence-corrected chi connectivity index (χ0v) is 11.7. The first-order valence-electron chi connectivity index (χ1n) is 6.85. The van der Waals surface area contributed by atoms with Gasteiger partial charge in [-0.3, -0.25) is 4.99 Å². The van der Waals surface area contributed by atoms with Crippen LogP contribution in [0, 0.1) is 6.92 Å². The van der Waals surface area contributed by atoms with E-state index in [0.717, 1.165) is 0 Å². The minimum Gasteiger partial charge on any atom is -0.271 e. The lowest BCUT2D eigenvalue weighted by molar-refractivity contribution is 0.438. The van der Waals surface area contributed by atoms with Gasteiger partial charge < -0.3 is 0 Å². The highest BCUT2D eigenvalue weighted by atomic mass is 32.1. The van der Waals surface area contributed by atoms with Crippen molar-refractivity contribution in [2.24, 2.45) is 4.99 Å². The lowest BCUT2D eigenvalue weighted by Gasteiger charge is -2.17. The van der Waals surface area contributed by atoms with E-state index in [1.807, 2.05) is 0 Å². The quantitative estimate of drug-likeness (QED) is 0.716. The van der Waals surface area contributed by atoms with Gasteiger partial charge in [0.05, 0.1) is 6.04 Å². The topological polar surface area (TPSA) is 12.4 Å². The minimum absolute atomic E-state index is 0.557. The van der Waals surface area contributed by atoms with Crippen LogP contribution < -0.4 is 4.67 Å². The minimum atomic E-state index is 0.557. The van der Waals surface area contributed by atoms with Gasteiger partial charge in [0, 0.05) is 5.39 Å². The van der Waals surface area contributed by atoms with Gasteiger partial charge in [0.1, 0.15) is 4.67 Å². The molecule has 0 spiro atoms. The van der Waals surface area contributed by atoms with E-state index in [9.17, 15) is 0 Å². The van der Waals surface area contributed by atoms with E-state index in [0.29, 0.717) is 6.04 Å². The molecule has 94 valence electrons. The predicted octanol–water partition coefficient (Wildman–Crippen LogP) is 4.44. The summed E-state index contributed by atoms with van der Waals surface area (Å²) in [5.74, 6) is 0. The van der Waals surface area contributed by atoms with Crippen molar-refractivity contribution in [2.45, 2.75) is 45.1 Å². The van der Waals surface area contributed by atoms with Crippen molar-refractivity contribution in [1.29, 1.82) is 0 Å². The third-order valence-electron chi connectivity index (χ3n) is 3.80. The lowest BCUT2D eigenvalue weighted by atomic mass is 9.96. The highest BCUT2D eigenvalue weighted by Crippen LogP contribution is 2.21. The van der Waals surface area contributed by atoms with Gasteiger partial charge in [-0.1, -0.05) is 43.5 Å². The molecule has 1 nitrogen and oxygen atoms in total. The molecular formula is C16H19NS. The molecule has 18 heavy (non-hydrogen) atoms. The van der Waals surface area contributed by atoms with Crippen LogP contribution in [-0.2, 0) is 0 Å². The van der Waals surface area contributed by atoms with Crippen LogP contribution in [0.4, 0.5) is 0 Å². The second-order valence-corrected chi connectivity index (χ2v) is 6.05. The highest BCUT2D eigenvalue weighted by molar-refractivity contribution is 7.07. The van der Waals surface area contributed by atoms with Crippen molar-refractivity contribution in [3.8, 4) is 0 Å².